The number of likely N-dealkylation sites (tertiary alicyclic amines) is 2. The van der Waals surface area contributed by atoms with Gasteiger partial charge in [0.25, 0.3) is 0 Å². The summed E-state index contributed by atoms with van der Waals surface area (Å²) >= 11 is 6.93. The van der Waals surface area contributed by atoms with E-state index >= 15 is 0 Å². The molecule has 2 saturated heterocycles. The first kappa shape index (κ1) is 42.8. The summed E-state index contributed by atoms with van der Waals surface area (Å²) in [6.07, 6.45) is 29.3. The molecule has 292 valence electrons. The Labute approximate surface area is 345 Å². The molecule has 2 aromatic heterocycles. The van der Waals surface area contributed by atoms with Crippen LogP contribution in [0.4, 0.5) is 0 Å². The van der Waals surface area contributed by atoms with Crippen LogP contribution in [0, 0.1) is 0 Å². The number of halogens is 2. The highest BCUT2D eigenvalue weighted by Gasteiger charge is 2.25. The van der Waals surface area contributed by atoms with Crippen LogP contribution >= 0.6 is 31.9 Å². The third-order valence-corrected chi connectivity index (χ3v) is 12.7. The fourth-order valence-corrected chi connectivity index (χ4v) is 9.05. The molecule has 2 unspecified atom stereocenters. The number of pyridine rings is 2. The molecular weight excluding hydrogens is 792 g/mol. The highest BCUT2D eigenvalue weighted by atomic mass is 79.9. The number of benzene rings is 2. The first-order valence-electron chi connectivity index (χ1n) is 21.2. The largest absolute Gasteiger partial charge is 0.299 e. The van der Waals surface area contributed by atoms with Crippen molar-refractivity contribution in [1.29, 1.82) is 0 Å². The molecule has 0 N–H and O–H groups in total. The van der Waals surface area contributed by atoms with E-state index in [4.69, 9.17) is 0 Å². The van der Waals surface area contributed by atoms with Crippen molar-refractivity contribution < 1.29 is 9.13 Å². The van der Waals surface area contributed by atoms with Crippen molar-refractivity contribution in [2.45, 2.75) is 128 Å². The third-order valence-electron chi connectivity index (χ3n) is 11.6. The summed E-state index contributed by atoms with van der Waals surface area (Å²) in [5.41, 5.74) is 8.86. The molecule has 2 aromatic carbocycles. The van der Waals surface area contributed by atoms with Gasteiger partial charge in [-0.1, -0.05) is 80.4 Å². The van der Waals surface area contributed by atoms with Gasteiger partial charge < -0.3 is 0 Å². The van der Waals surface area contributed by atoms with Gasteiger partial charge in [-0.15, -0.1) is 0 Å². The highest BCUT2D eigenvalue weighted by molar-refractivity contribution is 9.09. The number of unbranched alkanes of at least 4 members (excludes halogenated alkanes) is 4. The lowest BCUT2D eigenvalue weighted by Crippen LogP contribution is -2.34. The smallest absolute Gasteiger partial charge is 0.173 e. The number of hydrogen-bond acceptors (Lipinski definition) is 2. The summed E-state index contributed by atoms with van der Waals surface area (Å²) in [4.78, 5) is 4.99. The fraction of sp³-hybridized carbons (Fsp3) is 0.542. The Balaban J connectivity index is 0.000000294. The van der Waals surface area contributed by atoms with Gasteiger partial charge in [-0.2, -0.15) is 0 Å². The van der Waals surface area contributed by atoms with E-state index < -0.39 is 0 Å². The van der Waals surface area contributed by atoms with Crippen molar-refractivity contribution in [3.8, 4) is 0 Å². The molecule has 0 saturated carbocycles. The standard InChI is InChI=1S/C34H48N4.C14H20Br2/c1-35-21-9-15-33(35)31-13-7-25-37(27-31)23-5-3-11-29-17-19-30(20-18-29)12-4-6-24-38-26-8-14-32(28-38)34-16-10-22-36(34)2;15-11-3-1-5-13-7-9-14(10-8-13)6-2-4-12-16/h7-8,13-14,17-20,25-28,33-34H,3-6,9-12,15-16,21-24H2,1-2H3;7-10H,1-6,11-12H2/q+2;. The molecule has 4 aromatic rings. The minimum atomic E-state index is 0.606. The molecule has 2 aliphatic rings. The van der Waals surface area contributed by atoms with E-state index in [2.05, 4.69) is 162 Å². The molecule has 0 spiro atoms. The van der Waals surface area contributed by atoms with Crippen LogP contribution in [0.2, 0.25) is 0 Å². The lowest BCUT2D eigenvalue weighted by molar-refractivity contribution is -0.698. The molecule has 0 bridgehead atoms. The summed E-state index contributed by atoms with van der Waals surface area (Å²) in [5, 5.41) is 2.25. The SMILES string of the molecule is BrCCCCc1ccc(CCCCBr)cc1.CN1CCCC1c1ccc[n+](CCCCc2ccc(CCCC[n+]3cccc(C4CCCN4C)c3)cc2)c1. The van der Waals surface area contributed by atoms with Gasteiger partial charge in [0.1, 0.15) is 13.1 Å². The van der Waals surface area contributed by atoms with Crippen LogP contribution < -0.4 is 9.13 Å². The number of alkyl halides is 2. The number of rotatable bonds is 20. The molecule has 4 nitrogen and oxygen atoms in total. The van der Waals surface area contributed by atoms with Crippen molar-refractivity contribution in [2.24, 2.45) is 0 Å². The average Bonchev–Trinajstić information content (AvgIpc) is 3.84. The van der Waals surface area contributed by atoms with Gasteiger partial charge >= 0.3 is 0 Å². The Morgan fingerprint density at radius 1 is 0.500 bits per heavy atom. The quantitative estimate of drug-likeness (QED) is 0.0499. The second kappa shape index (κ2) is 24.3. The Morgan fingerprint density at radius 3 is 1.17 bits per heavy atom. The van der Waals surface area contributed by atoms with E-state index in [9.17, 15) is 0 Å². The predicted molar refractivity (Wildman–Crippen MR) is 235 cm³/mol. The van der Waals surface area contributed by atoms with E-state index in [1.54, 1.807) is 0 Å². The lowest BCUT2D eigenvalue weighted by atomic mass is 10.0. The first-order valence-corrected chi connectivity index (χ1v) is 23.4. The van der Waals surface area contributed by atoms with Gasteiger partial charge in [-0.05, 0) is 151 Å². The maximum Gasteiger partial charge on any atom is 0.173 e. The topological polar surface area (TPSA) is 14.2 Å². The van der Waals surface area contributed by atoms with Crippen LogP contribution in [0.25, 0.3) is 0 Å². The average molecular weight is 861 g/mol. The highest BCUT2D eigenvalue weighted by Crippen LogP contribution is 2.30. The molecule has 2 fully saturated rings. The maximum absolute atomic E-state index is 3.47. The van der Waals surface area contributed by atoms with Crippen LogP contribution in [0.15, 0.2) is 97.6 Å². The lowest BCUT2D eigenvalue weighted by Gasteiger charge is -2.18. The molecule has 0 aliphatic carbocycles. The Hall–Kier alpha value is -2.38. The summed E-state index contributed by atoms with van der Waals surface area (Å²) in [6.45, 7) is 4.68. The van der Waals surface area contributed by atoms with Crippen molar-refractivity contribution >= 4 is 31.9 Å². The van der Waals surface area contributed by atoms with Crippen LogP contribution in [0.1, 0.15) is 123 Å². The number of hydrogen-bond donors (Lipinski definition) is 0. The number of aromatic nitrogens is 2. The van der Waals surface area contributed by atoms with Gasteiger partial charge in [0.2, 0.25) is 0 Å². The van der Waals surface area contributed by atoms with Gasteiger partial charge in [0.15, 0.2) is 24.8 Å². The molecular formula is C48H68Br2N4+2. The number of nitrogens with zero attached hydrogens (tertiary/aromatic N) is 4. The Kier molecular flexibility index (Phi) is 19.2. The van der Waals surface area contributed by atoms with E-state index in [-0.39, 0.29) is 0 Å². The monoisotopic (exact) mass is 858 g/mol. The zero-order chi connectivity index (χ0) is 37.8. The molecule has 2 aliphatic heterocycles. The molecule has 6 rings (SSSR count). The predicted octanol–water partition coefficient (Wildman–Crippen LogP) is 11.0. The molecule has 2 atom stereocenters. The van der Waals surface area contributed by atoms with Gasteiger partial charge in [0.05, 0.1) is 0 Å². The van der Waals surface area contributed by atoms with Crippen molar-refractivity contribution in [1.82, 2.24) is 9.80 Å². The van der Waals surface area contributed by atoms with Crippen LogP contribution in [0.3, 0.4) is 0 Å². The molecule has 0 amide bonds. The van der Waals surface area contributed by atoms with Crippen LogP contribution in [0.5, 0.6) is 0 Å². The van der Waals surface area contributed by atoms with Crippen LogP contribution in [-0.4, -0.2) is 47.6 Å². The molecule has 4 heterocycles. The second-order valence-electron chi connectivity index (χ2n) is 15.9. The van der Waals surface area contributed by atoms with Crippen molar-refractivity contribution in [3.05, 3.63) is 131 Å². The van der Waals surface area contributed by atoms with Gasteiger partial charge in [0, 0.05) is 58.8 Å². The van der Waals surface area contributed by atoms with Gasteiger partial charge in [-0.3, -0.25) is 9.80 Å². The minimum Gasteiger partial charge on any atom is -0.299 e. The van der Waals surface area contributed by atoms with Crippen molar-refractivity contribution in [2.75, 3.05) is 37.8 Å². The van der Waals surface area contributed by atoms with E-state index in [0.29, 0.717) is 12.1 Å². The Bertz CT molecular complexity index is 1490. The summed E-state index contributed by atoms with van der Waals surface area (Å²) in [6, 6.07) is 28.9. The summed E-state index contributed by atoms with van der Waals surface area (Å²) in [7, 11) is 4.52. The summed E-state index contributed by atoms with van der Waals surface area (Å²) in [5.74, 6) is 0. The molecule has 0 radical (unpaired) electrons. The van der Waals surface area contributed by atoms with Gasteiger partial charge in [-0.25, -0.2) is 9.13 Å². The normalized spacial score (nSPS) is 17.5. The zero-order valence-electron chi connectivity index (χ0n) is 33.5. The summed E-state index contributed by atoms with van der Waals surface area (Å²) < 4.78 is 4.79. The third kappa shape index (κ3) is 14.6. The Morgan fingerprint density at radius 2 is 0.852 bits per heavy atom. The second-order valence-corrected chi connectivity index (χ2v) is 17.5. The molecule has 6 heteroatoms. The first-order chi connectivity index (χ1) is 26.5. The zero-order valence-corrected chi connectivity index (χ0v) is 36.7. The fourth-order valence-electron chi connectivity index (χ4n) is 8.26. The maximum atomic E-state index is 3.47. The van der Waals surface area contributed by atoms with E-state index in [0.717, 1.165) is 23.7 Å². The van der Waals surface area contributed by atoms with Crippen LogP contribution in [-0.2, 0) is 38.8 Å². The van der Waals surface area contributed by atoms with Crippen molar-refractivity contribution in [3.63, 3.8) is 0 Å². The molecule has 54 heavy (non-hydrogen) atoms. The van der Waals surface area contributed by atoms with E-state index in [1.165, 1.54) is 149 Å². The van der Waals surface area contributed by atoms with E-state index in [1.807, 2.05) is 0 Å². The number of aryl methyl sites for hydroxylation is 6. The minimum absolute atomic E-state index is 0.606.